The van der Waals surface area contributed by atoms with Gasteiger partial charge in [0.1, 0.15) is 0 Å². The van der Waals surface area contributed by atoms with Crippen LogP contribution in [-0.4, -0.2) is 38.8 Å². The molecule has 13 heavy (non-hydrogen) atoms. The fraction of sp³-hybridized carbons (Fsp3) is 1.00. The highest BCUT2D eigenvalue weighted by atomic mass is 16.5. The lowest BCUT2D eigenvalue weighted by molar-refractivity contribution is 0.215. The normalized spacial score (nSPS) is 16.4. The summed E-state index contributed by atoms with van der Waals surface area (Å²) in [5.41, 5.74) is 0. The highest BCUT2D eigenvalue weighted by Crippen LogP contribution is 2.04. The van der Waals surface area contributed by atoms with Gasteiger partial charge in [0.15, 0.2) is 0 Å². The summed E-state index contributed by atoms with van der Waals surface area (Å²) in [7, 11) is 3.87. The van der Waals surface area contributed by atoms with Crippen molar-refractivity contribution >= 4 is 0 Å². The van der Waals surface area contributed by atoms with Gasteiger partial charge in [0.05, 0.1) is 0 Å². The van der Waals surface area contributed by atoms with Crippen LogP contribution in [0.25, 0.3) is 0 Å². The van der Waals surface area contributed by atoms with Gasteiger partial charge in [-0.15, -0.1) is 0 Å². The molecule has 0 aromatic carbocycles. The average Bonchev–Trinajstić information content (AvgIpc) is 2.22. The molecule has 2 heteroatoms. The molecule has 0 unspecified atom stereocenters. The van der Waals surface area contributed by atoms with Crippen molar-refractivity contribution in [3.05, 3.63) is 0 Å². The third-order valence-corrected chi connectivity index (χ3v) is 1.87. The van der Waals surface area contributed by atoms with Gasteiger partial charge in [-0.1, -0.05) is 20.3 Å². The van der Waals surface area contributed by atoms with E-state index in [1.807, 2.05) is 20.8 Å². The number of piperidine rings is 1. The zero-order valence-electron chi connectivity index (χ0n) is 10.1. The summed E-state index contributed by atoms with van der Waals surface area (Å²) >= 11 is 0. The molecule has 0 radical (unpaired) electrons. The number of ether oxygens (including phenoxy) is 1. The minimum atomic E-state index is 0.819. The predicted octanol–water partition coefficient (Wildman–Crippen LogP) is 2.78. The van der Waals surface area contributed by atoms with Gasteiger partial charge in [0.25, 0.3) is 0 Å². The molecule has 1 aliphatic heterocycles. The van der Waals surface area contributed by atoms with Crippen LogP contribution >= 0.6 is 0 Å². The van der Waals surface area contributed by atoms with Crippen LogP contribution in [0.2, 0.25) is 0 Å². The van der Waals surface area contributed by atoms with Gasteiger partial charge >= 0.3 is 0 Å². The van der Waals surface area contributed by atoms with E-state index >= 15 is 0 Å². The lowest BCUT2D eigenvalue weighted by Crippen LogP contribution is -2.24. The molecule has 0 aliphatic carbocycles. The van der Waals surface area contributed by atoms with Gasteiger partial charge in [-0.3, -0.25) is 0 Å². The predicted molar refractivity (Wildman–Crippen MR) is 60.2 cm³/mol. The maximum absolute atomic E-state index is 4.54. The van der Waals surface area contributed by atoms with Gasteiger partial charge in [0.2, 0.25) is 0 Å². The van der Waals surface area contributed by atoms with Gasteiger partial charge in [-0.05, 0) is 39.9 Å². The second-order valence-corrected chi connectivity index (χ2v) is 2.94. The Balaban J connectivity index is 0. The molecule has 82 valence electrons. The van der Waals surface area contributed by atoms with Crippen LogP contribution in [0.1, 0.15) is 40.0 Å². The molecule has 0 aromatic heterocycles. The van der Waals surface area contributed by atoms with Crippen molar-refractivity contribution < 1.29 is 4.74 Å². The molecule has 1 aliphatic rings. The second kappa shape index (κ2) is 14.4. The summed E-state index contributed by atoms with van der Waals surface area (Å²) in [6, 6.07) is 0. The first-order valence-corrected chi connectivity index (χ1v) is 5.48. The Bertz CT molecular complexity index is 68.5. The van der Waals surface area contributed by atoms with E-state index in [0.29, 0.717) is 0 Å². The Morgan fingerprint density at radius 1 is 1.08 bits per heavy atom. The molecule has 0 amide bonds. The first-order chi connectivity index (χ1) is 6.31. The van der Waals surface area contributed by atoms with Crippen molar-refractivity contribution in [2.45, 2.75) is 40.0 Å². The average molecular weight is 189 g/mol. The van der Waals surface area contributed by atoms with E-state index in [0.717, 1.165) is 6.61 Å². The topological polar surface area (TPSA) is 12.5 Å². The van der Waals surface area contributed by atoms with Crippen LogP contribution in [0, 0.1) is 0 Å². The van der Waals surface area contributed by atoms with E-state index in [1.165, 1.54) is 32.4 Å². The number of likely N-dealkylation sites (tertiary alicyclic amines) is 1. The third-order valence-electron chi connectivity index (χ3n) is 1.87. The summed E-state index contributed by atoms with van der Waals surface area (Å²) in [4.78, 5) is 2.39. The van der Waals surface area contributed by atoms with Gasteiger partial charge in [-0.2, -0.15) is 0 Å². The van der Waals surface area contributed by atoms with E-state index in [1.54, 1.807) is 7.11 Å². The maximum Gasteiger partial charge on any atom is 0.0433 e. The van der Waals surface area contributed by atoms with Crippen LogP contribution in [0.5, 0.6) is 0 Å². The maximum atomic E-state index is 4.54. The molecule has 0 bridgehead atoms. The van der Waals surface area contributed by atoms with Crippen molar-refractivity contribution in [2.75, 3.05) is 33.9 Å². The minimum Gasteiger partial charge on any atom is -0.385 e. The Kier molecular flexibility index (Phi) is 17.1. The second-order valence-electron chi connectivity index (χ2n) is 2.94. The SMILES string of the molecule is CC.CCOC.CN1CCCCC1. The van der Waals surface area contributed by atoms with Crippen molar-refractivity contribution in [1.29, 1.82) is 0 Å². The number of rotatable bonds is 1. The van der Waals surface area contributed by atoms with Gasteiger partial charge in [-0.25, -0.2) is 0 Å². The van der Waals surface area contributed by atoms with Crippen LogP contribution < -0.4 is 0 Å². The molecular weight excluding hydrogens is 162 g/mol. The van der Waals surface area contributed by atoms with Crippen molar-refractivity contribution in [2.24, 2.45) is 0 Å². The van der Waals surface area contributed by atoms with E-state index in [4.69, 9.17) is 0 Å². The molecule has 0 aromatic rings. The minimum absolute atomic E-state index is 0.819. The Morgan fingerprint density at radius 2 is 1.46 bits per heavy atom. The Morgan fingerprint density at radius 3 is 1.62 bits per heavy atom. The largest absolute Gasteiger partial charge is 0.385 e. The van der Waals surface area contributed by atoms with Crippen LogP contribution in [-0.2, 0) is 4.74 Å². The number of methoxy groups -OCH3 is 1. The lowest BCUT2D eigenvalue weighted by atomic mass is 10.1. The summed E-state index contributed by atoms with van der Waals surface area (Å²) in [5.74, 6) is 0. The van der Waals surface area contributed by atoms with Gasteiger partial charge < -0.3 is 9.64 Å². The highest BCUT2D eigenvalue weighted by Gasteiger charge is 2.02. The van der Waals surface area contributed by atoms with Crippen molar-refractivity contribution in [3.63, 3.8) is 0 Å². The van der Waals surface area contributed by atoms with Crippen LogP contribution in [0.15, 0.2) is 0 Å². The molecule has 1 saturated heterocycles. The quantitative estimate of drug-likeness (QED) is 0.629. The van der Waals surface area contributed by atoms with Gasteiger partial charge in [0, 0.05) is 13.7 Å². The fourth-order valence-electron chi connectivity index (χ4n) is 1.05. The highest BCUT2D eigenvalue weighted by molar-refractivity contribution is 4.58. The molecule has 1 fully saturated rings. The van der Waals surface area contributed by atoms with Crippen LogP contribution in [0.3, 0.4) is 0 Å². The standard InChI is InChI=1S/C6H13N.C3H8O.C2H6/c1-7-5-3-2-4-6-7;1-3-4-2;1-2/h2-6H2,1H3;3H2,1-2H3;1-2H3. The fourth-order valence-corrected chi connectivity index (χ4v) is 1.05. The molecule has 0 spiro atoms. The van der Waals surface area contributed by atoms with E-state index in [2.05, 4.69) is 16.7 Å². The molecule has 0 N–H and O–H groups in total. The lowest BCUT2D eigenvalue weighted by Gasteiger charge is -2.20. The summed E-state index contributed by atoms with van der Waals surface area (Å²) < 4.78 is 4.54. The van der Waals surface area contributed by atoms with E-state index in [9.17, 15) is 0 Å². The molecule has 0 atom stereocenters. The molecule has 2 nitrogen and oxygen atoms in total. The van der Waals surface area contributed by atoms with Crippen LogP contribution in [0.4, 0.5) is 0 Å². The zero-order chi connectivity index (χ0) is 10.5. The van der Waals surface area contributed by atoms with Crippen molar-refractivity contribution in [1.82, 2.24) is 4.90 Å². The number of nitrogens with zero attached hydrogens (tertiary/aromatic N) is 1. The molecule has 1 rings (SSSR count). The Labute approximate surface area is 84.3 Å². The summed E-state index contributed by atoms with van der Waals surface area (Å²) in [6.45, 7) is 9.42. The zero-order valence-corrected chi connectivity index (χ0v) is 10.1. The van der Waals surface area contributed by atoms with E-state index in [-0.39, 0.29) is 0 Å². The Hall–Kier alpha value is -0.0800. The smallest absolute Gasteiger partial charge is 0.0433 e. The first kappa shape index (κ1) is 15.4. The number of hydrogen-bond donors (Lipinski definition) is 0. The van der Waals surface area contributed by atoms with E-state index < -0.39 is 0 Å². The molecular formula is C11H27NO. The monoisotopic (exact) mass is 189 g/mol. The third kappa shape index (κ3) is 14.7. The number of hydrogen-bond acceptors (Lipinski definition) is 2. The summed E-state index contributed by atoms with van der Waals surface area (Å²) in [6.07, 6.45) is 4.28. The molecule has 1 heterocycles. The first-order valence-electron chi connectivity index (χ1n) is 5.48. The molecule has 0 saturated carbocycles. The summed E-state index contributed by atoms with van der Waals surface area (Å²) in [5, 5.41) is 0. The van der Waals surface area contributed by atoms with Crippen molar-refractivity contribution in [3.8, 4) is 0 Å².